The Morgan fingerprint density at radius 1 is 0.925 bits per heavy atom. The Hall–Kier alpha value is -3.96. The first-order valence-electron chi connectivity index (χ1n) is 12.7. The molecule has 0 spiro atoms. The van der Waals surface area contributed by atoms with Gasteiger partial charge in [-0.2, -0.15) is 0 Å². The third-order valence-corrected chi connectivity index (χ3v) is 8.07. The van der Waals surface area contributed by atoms with Crippen LogP contribution >= 0.6 is 11.6 Å². The van der Waals surface area contributed by atoms with E-state index in [0.717, 1.165) is 49.9 Å². The highest BCUT2D eigenvalue weighted by molar-refractivity contribution is 7.90. The fraction of sp³-hybridized carbons (Fsp3) is 0.286. The van der Waals surface area contributed by atoms with Crippen LogP contribution in [0.4, 0.5) is 4.79 Å². The molecule has 1 fully saturated rings. The summed E-state index contributed by atoms with van der Waals surface area (Å²) in [5.41, 5.74) is 1.14. The van der Waals surface area contributed by atoms with Crippen LogP contribution in [0.5, 0.6) is 5.88 Å². The predicted octanol–water partition coefficient (Wildman–Crippen LogP) is 4.67. The Morgan fingerprint density at radius 3 is 2.33 bits per heavy atom. The summed E-state index contributed by atoms with van der Waals surface area (Å²) in [6.07, 6.45) is 5.28. The van der Waals surface area contributed by atoms with Crippen LogP contribution in [0.1, 0.15) is 58.4 Å². The number of rotatable bonds is 9. The summed E-state index contributed by atoms with van der Waals surface area (Å²) in [5.74, 6) is -1.48. The molecule has 40 heavy (non-hydrogen) atoms. The number of carbonyl (C=O) groups is 3. The molecule has 4 rings (SSSR count). The van der Waals surface area contributed by atoms with Gasteiger partial charge in [0.15, 0.2) is 0 Å². The van der Waals surface area contributed by atoms with Crippen LogP contribution in [0.3, 0.4) is 0 Å². The molecule has 0 atom stereocenters. The second-order valence-corrected chi connectivity index (χ2v) is 11.2. The van der Waals surface area contributed by atoms with Gasteiger partial charge in [-0.15, -0.1) is 0 Å². The zero-order chi connectivity index (χ0) is 28.5. The number of halogens is 1. The molecule has 1 heterocycles. The van der Waals surface area contributed by atoms with Crippen LogP contribution in [0, 0.1) is 0 Å². The molecule has 0 saturated heterocycles. The Bertz CT molecular complexity index is 1460. The Morgan fingerprint density at radius 2 is 1.65 bits per heavy atom. The first-order valence-corrected chi connectivity index (χ1v) is 14.6. The van der Waals surface area contributed by atoms with Gasteiger partial charge in [-0.25, -0.2) is 22.9 Å². The summed E-state index contributed by atoms with van der Waals surface area (Å²) < 4.78 is 37.9. The van der Waals surface area contributed by atoms with E-state index in [4.69, 9.17) is 21.1 Å². The highest BCUT2D eigenvalue weighted by Gasteiger charge is 2.24. The van der Waals surface area contributed by atoms with Crippen molar-refractivity contribution in [2.75, 3.05) is 6.54 Å². The van der Waals surface area contributed by atoms with Crippen LogP contribution in [0.25, 0.3) is 0 Å². The SMILES string of the molecule is O=C(Oc1ccc(C(=O)NS(=O)(=O)c2ccc(C(=O)NCCc3ccccc3)cc2Cl)cn1)OC1CCCCC1. The van der Waals surface area contributed by atoms with E-state index in [9.17, 15) is 22.8 Å². The van der Waals surface area contributed by atoms with Gasteiger partial charge in [-0.1, -0.05) is 48.4 Å². The van der Waals surface area contributed by atoms with Crippen molar-refractivity contribution in [2.24, 2.45) is 0 Å². The molecule has 1 saturated carbocycles. The summed E-state index contributed by atoms with van der Waals surface area (Å²) in [7, 11) is -4.38. The minimum Gasteiger partial charge on any atom is -0.431 e. The monoisotopic (exact) mass is 585 g/mol. The summed E-state index contributed by atoms with van der Waals surface area (Å²) in [5, 5.41) is 2.53. The first-order chi connectivity index (χ1) is 19.2. The molecule has 10 nitrogen and oxygen atoms in total. The van der Waals surface area contributed by atoms with Crippen molar-refractivity contribution in [3.63, 3.8) is 0 Å². The lowest BCUT2D eigenvalue weighted by Crippen LogP contribution is -2.31. The van der Waals surface area contributed by atoms with E-state index >= 15 is 0 Å². The largest absolute Gasteiger partial charge is 0.515 e. The molecule has 2 aromatic carbocycles. The van der Waals surface area contributed by atoms with Gasteiger partial charge in [0.1, 0.15) is 11.0 Å². The molecule has 0 aliphatic heterocycles. The van der Waals surface area contributed by atoms with Gasteiger partial charge in [-0.3, -0.25) is 9.59 Å². The van der Waals surface area contributed by atoms with E-state index in [1.165, 1.54) is 24.3 Å². The second-order valence-electron chi connectivity index (χ2n) is 9.19. The minimum atomic E-state index is -4.38. The molecule has 1 aliphatic carbocycles. The van der Waals surface area contributed by atoms with E-state index in [0.29, 0.717) is 13.0 Å². The van der Waals surface area contributed by atoms with Crippen LogP contribution in [0.2, 0.25) is 5.02 Å². The molecule has 0 radical (unpaired) electrons. The number of carbonyl (C=O) groups excluding carboxylic acids is 3. The number of benzene rings is 2. The number of amides is 2. The standard InChI is InChI=1S/C28H28ClN3O7S/c29-23-17-20(26(33)30-16-15-19-7-3-1-4-8-19)11-13-24(23)40(36,37)32-27(34)21-12-14-25(31-18-21)39-28(35)38-22-9-5-2-6-10-22/h1,3-4,7-8,11-14,17-18,22H,2,5-6,9-10,15-16H2,(H,30,33)(H,32,34). The lowest BCUT2D eigenvalue weighted by atomic mass is 9.98. The molecular weight excluding hydrogens is 558 g/mol. The number of hydrogen-bond donors (Lipinski definition) is 2. The molecule has 12 heteroatoms. The lowest BCUT2D eigenvalue weighted by Gasteiger charge is -2.20. The Balaban J connectivity index is 1.31. The van der Waals surface area contributed by atoms with Crippen molar-refractivity contribution in [3.05, 3.63) is 88.6 Å². The van der Waals surface area contributed by atoms with E-state index in [-0.39, 0.29) is 33.0 Å². The maximum Gasteiger partial charge on any atom is 0.515 e. The number of nitrogens with zero attached hydrogens (tertiary/aromatic N) is 1. The third kappa shape index (κ3) is 8.03. The van der Waals surface area contributed by atoms with Crippen LogP contribution in [-0.4, -0.2) is 44.0 Å². The fourth-order valence-corrected chi connectivity index (χ4v) is 5.69. The van der Waals surface area contributed by atoms with Crippen molar-refractivity contribution >= 4 is 39.6 Å². The average molecular weight is 586 g/mol. The average Bonchev–Trinajstić information content (AvgIpc) is 2.94. The normalized spacial score (nSPS) is 13.7. The van der Waals surface area contributed by atoms with Crippen LogP contribution < -0.4 is 14.8 Å². The summed E-state index contributed by atoms with van der Waals surface area (Å²) in [6.45, 7) is 0.385. The summed E-state index contributed by atoms with van der Waals surface area (Å²) in [6, 6.07) is 15.8. The van der Waals surface area contributed by atoms with E-state index in [2.05, 4.69) is 10.3 Å². The number of pyridine rings is 1. The van der Waals surface area contributed by atoms with Crippen molar-refractivity contribution < 1.29 is 32.3 Å². The summed E-state index contributed by atoms with van der Waals surface area (Å²) >= 11 is 6.17. The number of aromatic nitrogens is 1. The minimum absolute atomic E-state index is 0.0953. The topological polar surface area (TPSA) is 141 Å². The van der Waals surface area contributed by atoms with Gasteiger partial charge >= 0.3 is 6.16 Å². The number of nitrogens with one attached hydrogen (secondary N) is 2. The predicted molar refractivity (Wildman–Crippen MR) is 147 cm³/mol. The van der Waals surface area contributed by atoms with Gasteiger partial charge in [0.2, 0.25) is 5.88 Å². The molecule has 1 aromatic heterocycles. The van der Waals surface area contributed by atoms with Gasteiger partial charge < -0.3 is 14.8 Å². The molecule has 1 aliphatic rings. The maximum atomic E-state index is 12.8. The van der Waals surface area contributed by atoms with Crippen molar-refractivity contribution in [1.29, 1.82) is 0 Å². The van der Waals surface area contributed by atoms with E-state index in [1.54, 1.807) is 0 Å². The zero-order valence-electron chi connectivity index (χ0n) is 21.5. The van der Waals surface area contributed by atoms with Crippen LogP contribution in [-0.2, 0) is 21.2 Å². The molecule has 3 aromatic rings. The van der Waals surface area contributed by atoms with Gasteiger partial charge in [0.25, 0.3) is 21.8 Å². The quantitative estimate of drug-likeness (QED) is 0.345. The lowest BCUT2D eigenvalue weighted by molar-refractivity contribution is 0.0407. The Labute approximate surface area is 237 Å². The zero-order valence-corrected chi connectivity index (χ0v) is 23.0. The second kappa shape index (κ2) is 13.4. The van der Waals surface area contributed by atoms with Gasteiger partial charge in [-0.05, 0) is 61.9 Å². The highest BCUT2D eigenvalue weighted by atomic mass is 35.5. The number of sulfonamides is 1. The number of ether oxygens (including phenoxy) is 2. The molecular formula is C28H28ClN3O7S. The van der Waals surface area contributed by atoms with Gasteiger partial charge in [0.05, 0.1) is 10.6 Å². The number of hydrogen-bond acceptors (Lipinski definition) is 8. The highest BCUT2D eigenvalue weighted by Crippen LogP contribution is 2.24. The third-order valence-electron chi connectivity index (χ3n) is 6.25. The molecule has 210 valence electrons. The first kappa shape index (κ1) is 29.0. The van der Waals surface area contributed by atoms with Gasteiger partial charge in [0, 0.05) is 24.4 Å². The van der Waals surface area contributed by atoms with E-state index in [1.807, 2.05) is 35.1 Å². The Kier molecular flexibility index (Phi) is 9.73. The molecule has 2 amide bonds. The van der Waals surface area contributed by atoms with Crippen molar-refractivity contribution in [3.8, 4) is 5.88 Å². The maximum absolute atomic E-state index is 12.8. The van der Waals surface area contributed by atoms with Crippen molar-refractivity contribution in [1.82, 2.24) is 15.0 Å². The smallest absolute Gasteiger partial charge is 0.431 e. The summed E-state index contributed by atoms with van der Waals surface area (Å²) in [4.78, 5) is 40.5. The molecule has 2 N–H and O–H groups in total. The molecule has 0 bridgehead atoms. The fourth-order valence-electron chi connectivity index (χ4n) is 4.17. The van der Waals surface area contributed by atoms with E-state index < -0.39 is 28.0 Å². The van der Waals surface area contributed by atoms with Crippen LogP contribution in [0.15, 0.2) is 71.8 Å². The molecule has 0 unspecified atom stereocenters. The van der Waals surface area contributed by atoms with Crippen molar-refractivity contribution in [2.45, 2.75) is 49.5 Å².